The normalized spacial score (nSPS) is 17.9. The second-order valence-corrected chi connectivity index (χ2v) is 9.63. The zero-order valence-corrected chi connectivity index (χ0v) is 19.5. The fourth-order valence-electron chi connectivity index (χ4n) is 4.54. The van der Waals surface area contributed by atoms with Crippen molar-refractivity contribution in [2.24, 2.45) is 0 Å². The van der Waals surface area contributed by atoms with E-state index in [4.69, 9.17) is 11.6 Å². The monoisotopic (exact) mass is 463 g/mol. The van der Waals surface area contributed by atoms with Crippen molar-refractivity contribution in [3.63, 3.8) is 0 Å². The van der Waals surface area contributed by atoms with Crippen LogP contribution in [0, 0.1) is 0 Å². The molecule has 0 N–H and O–H groups in total. The molecular weight excluding hydrogens is 438 g/mol. The number of anilines is 2. The maximum Gasteiger partial charge on any atom is 0.259 e. The fourth-order valence-corrected chi connectivity index (χ4v) is 5.38. The zero-order valence-electron chi connectivity index (χ0n) is 17.9. The van der Waals surface area contributed by atoms with Crippen molar-refractivity contribution in [1.82, 2.24) is 4.90 Å². The second kappa shape index (κ2) is 9.49. The number of hydrogen-bond donors (Lipinski definition) is 0. The van der Waals surface area contributed by atoms with Crippen LogP contribution in [-0.4, -0.2) is 50.1 Å². The highest BCUT2D eigenvalue weighted by molar-refractivity contribution is 7.11. The summed E-state index contributed by atoms with van der Waals surface area (Å²) in [5, 5.41) is 2.83. The highest BCUT2D eigenvalue weighted by atomic mass is 35.5. The van der Waals surface area contributed by atoms with E-state index in [1.54, 1.807) is 11.3 Å². The van der Waals surface area contributed by atoms with Crippen LogP contribution in [0.15, 0.2) is 66.0 Å². The molecule has 1 amide bonds. The topological polar surface area (TPSA) is 26.8 Å². The molecule has 1 saturated heterocycles. The Hall–Kier alpha value is -2.60. The summed E-state index contributed by atoms with van der Waals surface area (Å²) in [6.45, 7) is 5.80. The Bertz CT molecular complexity index is 1120. The quantitative estimate of drug-likeness (QED) is 0.451. The van der Waals surface area contributed by atoms with E-state index >= 15 is 0 Å². The first-order valence-electron chi connectivity index (χ1n) is 11.1. The summed E-state index contributed by atoms with van der Waals surface area (Å²) < 4.78 is 0. The maximum atomic E-state index is 13.2. The third-order valence-corrected chi connectivity index (χ3v) is 7.25. The summed E-state index contributed by atoms with van der Waals surface area (Å²) in [7, 11) is 0. The summed E-state index contributed by atoms with van der Waals surface area (Å²) >= 11 is 7.81. The number of fused-ring (bicyclic) bond motifs is 1. The summed E-state index contributed by atoms with van der Waals surface area (Å²) in [6.07, 6.45) is 2.99. The molecule has 2 aliphatic heterocycles. The Morgan fingerprint density at radius 2 is 1.78 bits per heavy atom. The van der Waals surface area contributed by atoms with Gasteiger partial charge in [0.15, 0.2) is 0 Å². The molecule has 32 heavy (non-hydrogen) atoms. The Morgan fingerprint density at radius 3 is 2.56 bits per heavy atom. The molecule has 3 aromatic rings. The van der Waals surface area contributed by atoms with Crippen LogP contribution in [0.2, 0.25) is 5.02 Å². The maximum absolute atomic E-state index is 13.2. The van der Waals surface area contributed by atoms with Gasteiger partial charge >= 0.3 is 0 Å². The summed E-state index contributed by atoms with van der Waals surface area (Å²) in [5.74, 6) is 0.116. The molecule has 0 radical (unpaired) electrons. The van der Waals surface area contributed by atoms with Crippen molar-refractivity contribution in [3.8, 4) is 0 Å². The predicted molar refractivity (Wildman–Crippen MR) is 136 cm³/mol. The van der Waals surface area contributed by atoms with E-state index in [0.29, 0.717) is 0 Å². The molecule has 2 aromatic carbocycles. The summed E-state index contributed by atoms with van der Waals surface area (Å²) in [5.41, 5.74) is 4.08. The van der Waals surface area contributed by atoms with Crippen molar-refractivity contribution >= 4 is 51.9 Å². The average molecular weight is 464 g/mol. The largest absolute Gasteiger partial charge is 0.369 e. The standard InChI is InChI=1S/C26H26ClN3OS/c27-20-6-3-7-21(18-20)29-15-13-28(14-16-29)11-5-12-30-25-10-2-1-9-23(25)24(26(30)31)19-22-8-4-17-32-22/h1-4,6-10,17-19H,5,11-16H2/b24-19-. The number of rotatable bonds is 6. The molecule has 0 aliphatic carbocycles. The van der Waals surface area contributed by atoms with E-state index in [1.807, 2.05) is 52.8 Å². The van der Waals surface area contributed by atoms with Crippen molar-refractivity contribution < 1.29 is 4.79 Å². The molecule has 6 heteroatoms. The van der Waals surface area contributed by atoms with Crippen molar-refractivity contribution in [2.45, 2.75) is 6.42 Å². The van der Waals surface area contributed by atoms with Crippen LogP contribution in [0.4, 0.5) is 11.4 Å². The predicted octanol–water partition coefficient (Wildman–Crippen LogP) is 5.50. The zero-order chi connectivity index (χ0) is 21.9. The molecule has 1 aromatic heterocycles. The number of piperazine rings is 1. The first kappa shape index (κ1) is 21.3. The lowest BCUT2D eigenvalue weighted by Crippen LogP contribution is -2.47. The minimum Gasteiger partial charge on any atom is -0.369 e. The number of hydrogen-bond acceptors (Lipinski definition) is 4. The molecule has 5 rings (SSSR count). The lowest BCUT2D eigenvalue weighted by molar-refractivity contribution is -0.113. The van der Waals surface area contributed by atoms with Crippen LogP contribution in [-0.2, 0) is 4.79 Å². The van der Waals surface area contributed by atoms with Gasteiger partial charge in [-0.2, -0.15) is 0 Å². The van der Waals surface area contributed by atoms with E-state index in [9.17, 15) is 4.79 Å². The number of amides is 1. The number of nitrogens with zero attached hydrogens (tertiary/aromatic N) is 3. The van der Waals surface area contributed by atoms with Crippen molar-refractivity contribution in [3.05, 3.63) is 81.5 Å². The van der Waals surface area contributed by atoms with E-state index in [1.165, 1.54) is 5.69 Å². The smallest absolute Gasteiger partial charge is 0.259 e. The lowest BCUT2D eigenvalue weighted by Gasteiger charge is -2.36. The molecule has 0 spiro atoms. The Morgan fingerprint density at radius 1 is 0.938 bits per heavy atom. The highest BCUT2D eigenvalue weighted by Crippen LogP contribution is 2.38. The summed E-state index contributed by atoms with van der Waals surface area (Å²) in [6, 6.07) is 20.3. The van der Waals surface area contributed by atoms with Crippen LogP contribution in [0.1, 0.15) is 16.9 Å². The van der Waals surface area contributed by atoms with Gasteiger partial charge in [-0.05, 0) is 54.8 Å². The molecule has 0 bridgehead atoms. The number of para-hydroxylation sites is 1. The molecule has 4 nitrogen and oxygen atoms in total. The van der Waals surface area contributed by atoms with E-state index in [0.717, 1.165) is 72.4 Å². The number of halogens is 1. The van der Waals surface area contributed by atoms with Gasteiger partial charge in [-0.15, -0.1) is 11.3 Å². The van der Waals surface area contributed by atoms with Crippen LogP contribution < -0.4 is 9.80 Å². The van der Waals surface area contributed by atoms with Crippen LogP contribution in [0.3, 0.4) is 0 Å². The number of carbonyl (C=O) groups is 1. The Kier molecular flexibility index (Phi) is 6.30. The van der Waals surface area contributed by atoms with Crippen molar-refractivity contribution in [2.75, 3.05) is 49.1 Å². The highest BCUT2D eigenvalue weighted by Gasteiger charge is 2.31. The number of benzene rings is 2. The summed E-state index contributed by atoms with van der Waals surface area (Å²) in [4.78, 5) is 21.2. The third kappa shape index (κ3) is 4.46. The molecule has 2 aliphatic rings. The second-order valence-electron chi connectivity index (χ2n) is 8.21. The van der Waals surface area contributed by atoms with E-state index in [-0.39, 0.29) is 5.91 Å². The molecule has 0 unspecified atom stereocenters. The minimum absolute atomic E-state index is 0.116. The van der Waals surface area contributed by atoms with Gasteiger partial charge in [0.1, 0.15) is 0 Å². The van der Waals surface area contributed by atoms with Gasteiger partial charge in [0.05, 0.1) is 11.3 Å². The molecule has 1 fully saturated rings. The third-order valence-electron chi connectivity index (χ3n) is 6.19. The fraction of sp³-hybridized carbons (Fsp3) is 0.269. The lowest BCUT2D eigenvalue weighted by atomic mass is 10.1. The minimum atomic E-state index is 0.116. The van der Waals surface area contributed by atoms with E-state index < -0.39 is 0 Å². The van der Waals surface area contributed by atoms with Crippen LogP contribution >= 0.6 is 22.9 Å². The van der Waals surface area contributed by atoms with Gasteiger partial charge in [0, 0.05) is 53.9 Å². The van der Waals surface area contributed by atoms with Gasteiger partial charge in [-0.3, -0.25) is 9.69 Å². The Balaban J connectivity index is 1.18. The van der Waals surface area contributed by atoms with Crippen molar-refractivity contribution in [1.29, 1.82) is 0 Å². The first-order chi connectivity index (χ1) is 15.7. The first-order valence-corrected chi connectivity index (χ1v) is 12.3. The molecular formula is C26H26ClN3OS. The van der Waals surface area contributed by atoms with Gasteiger partial charge in [-0.1, -0.05) is 41.9 Å². The molecule has 0 atom stereocenters. The van der Waals surface area contributed by atoms with Crippen LogP contribution in [0.5, 0.6) is 0 Å². The van der Waals surface area contributed by atoms with Gasteiger partial charge in [0.2, 0.25) is 0 Å². The van der Waals surface area contributed by atoms with Crippen LogP contribution in [0.25, 0.3) is 11.6 Å². The molecule has 164 valence electrons. The van der Waals surface area contributed by atoms with Gasteiger partial charge in [0.25, 0.3) is 5.91 Å². The average Bonchev–Trinajstić information content (AvgIpc) is 3.42. The molecule has 3 heterocycles. The molecule has 0 saturated carbocycles. The van der Waals surface area contributed by atoms with Gasteiger partial charge in [-0.25, -0.2) is 0 Å². The number of thiophene rings is 1. The van der Waals surface area contributed by atoms with Gasteiger partial charge < -0.3 is 9.80 Å². The number of carbonyl (C=O) groups excluding carboxylic acids is 1. The Labute approximate surface area is 198 Å². The van der Waals surface area contributed by atoms with E-state index in [2.05, 4.69) is 34.1 Å². The SMILES string of the molecule is O=C1/C(=C\c2cccs2)c2ccccc2N1CCCN1CCN(c2cccc(Cl)c2)CC1.